The summed E-state index contributed by atoms with van der Waals surface area (Å²) >= 11 is 6.37. The molecular weight excluding hydrogens is 334 g/mol. The van der Waals surface area contributed by atoms with Gasteiger partial charge < -0.3 is 14.8 Å². The lowest BCUT2D eigenvalue weighted by atomic mass is 10.1. The Kier molecular flexibility index (Phi) is 8.10. The largest absolute Gasteiger partial charge is 0.490 e. The predicted molar refractivity (Wildman–Crippen MR) is 105 cm³/mol. The number of nitrogens with one attached hydrogen (secondary N) is 1. The van der Waals surface area contributed by atoms with Crippen molar-refractivity contribution >= 4 is 11.6 Å². The minimum Gasteiger partial charge on any atom is -0.490 e. The third kappa shape index (κ3) is 6.26. The number of halogens is 1. The number of rotatable bonds is 10. The molecule has 0 heterocycles. The van der Waals surface area contributed by atoms with Gasteiger partial charge in [-0.25, -0.2) is 0 Å². The van der Waals surface area contributed by atoms with E-state index >= 15 is 0 Å². The van der Waals surface area contributed by atoms with E-state index in [0.29, 0.717) is 35.8 Å². The molecule has 0 aromatic heterocycles. The van der Waals surface area contributed by atoms with Gasteiger partial charge >= 0.3 is 0 Å². The molecule has 2 aromatic rings. The van der Waals surface area contributed by atoms with E-state index in [1.165, 1.54) is 5.56 Å². The molecule has 2 rings (SSSR count). The van der Waals surface area contributed by atoms with E-state index < -0.39 is 0 Å². The Morgan fingerprint density at radius 2 is 1.72 bits per heavy atom. The van der Waals surface area contributed by atoms with Crippen LogP contribution in [0.3, 0.4) is 0 Å². The van der Waals surface area contributed by atoms with Crippen LogP contribution in [0.1, 0.15) is 38.3 Å². The molecule has 25 heavy (non-hydrogen) atoms. The average Bonchev–Trinajstić information content (AvgIpc) is 2.62. The lowest BCUT2D eigenvalue weighted by molar-refractivity contribution is 0.287. The summed E-state index contributed by atoms with van der Waals surface area (Å²) in [7, 11) is 0. The van der Waals surface area contributed by atoms with Crippen molar-refractivity contribution in [3.8, 4) is 11.5 Å². The Bertz CT molecular complexity index is 646. The normalized spacial score (nSPS) is 12.0. The molecule has 136 valence electrons. The van der Waals surface area contributed by atoms with Crippen molar-refractivity contribution in [3.63, 3.8) is 0 Å². The van der Waals surface area contributed by atoms with Crippen molar-refractivity contribution in [1.82, 2.24) is 5.32 Å². The number of benzene rings is 2. The highest BCUT2D eigenvalue weighted by molar-refractivity contribution is 6.32. The van der Waals surface area contributed by atoms with E-state index in [9.17, 15) is 0 Å². The summed E-state index contributed by atoms with van der Waals surface area (Å²) in [5, 5.41) is 4.16. The van der Waals surface area contributed by atoms with Crippen LogP contribution in [0.5, 0.6) is 11.5 Å². The quantitative estimate of drug-likeness (QED) is 0.627. The first-order chi connectivity index (χ1) is 12.1. The summed E-state index contributed by atoms with van der Waals surface area (Å²) in [6.07, 6.45) is 2.16. The second-order valence-electron chi connectivity index (χ2n) is 6.08. The van der Waals surface area contributed by atoms with E-state index in [0.717, 1.165) is 24.9 Å². The van der Waals surface area contributed by atoms with Gasteiger partial charge in [0.2, 0.25) is 0 Å². The summed E-state index contributed by atoms with van der Waals surface area (Å²) in [6, 6.07) is 15.0. The van der Waals surface area contributed by atoms with Crippen LogP contribution in [-0.2, 0) is 13.0 Å². The molecule has 0 unspecified atom stereocenters. The first-order valence-electron chi connectivity index (χ1n) is 8.99. The third-order valence-corrected chi connectivity index (χ3v) is 4.30. The number of ether oxygens (including phenoxy) is 2. The zero-order chi connectivity index (χ0) is 18.1. The topological polar surface area (TPSA) is 30.5 Å². The van der Waals surface area contributed by atoms with Crippen LogP contribution in [0.15, 0.2) is 42.5 Å². The highest BCUT2D eigenvalue weighted by Gasteiger charge is 2.12. The lowest BCUT2D eigenvalue weighted by Gasteiger charge is -2.17. The van der Waals surface area contributed by atoms with Gasteiger partial charge in [0.05, 0.1) is 18.2 Å². The lowest BCUT2D eigenvalue weighted by Crippen LogP contribution is -2.26. The number of hydrogen-bond acceptors (Lipinski definition) is 3. The Morgan fingerprint density at radius 1 is 1.00 bits per heavy atom. The van der Waals surface area contributed by atoms with Gasteiger partial charge in [0, 0.05) is 12.6 Å². The van der Waals surface area contributed by atoms with Gasteiger partial charge in [-0.15, -0.1) is 0 Å². The molecule has 0 spiro atoms. The molecule has 1 atom stereocenters. The van der Waals surface area contributed by atoms with Crippen LogP contribution in [0, 0.1) is 0 Å². The first-order valence-corrected chi connectivity index (χ1v) is 9.37. The molecule has 0 aliphatic carbocycles. The van der Waals surface area contributed by atoms with E-state index in [2.05, 4.69) is 42.6 Å². The van der Waals surface area contributed by atoms with Crippen molar-refractivity contribution in [2.45, 2.75) is 46.2 Å². The summed E-state index contributed by atoms with van der Waals surface area (Å²) in [6.45, 7) is 8.01. The van der Waals surface area contributed by atoms with Crippen molar-refractivity contribution in [3.05, 3.63) is 58.6 Å². The molecule has 1 N–H and O–H groups in total. The third-order valence-electron chi connectivity index (χ3n) is 4.02. The molecule has 0 fully saturated rings. The fourth-order valence-corrected chi connectivity index (χ4v) is 2.98. The molecule has 2 aromatic carbocycles. The summed E-state index contributed by atoms with van der Waals surface area (Å²) in [5.74, 6) is 1.34. The first kappa shape index (κ1) is 19.6. The van der Waals surface area contributed by atoms with Crippen molar-refractivity contribution in [2.75, 3.05) is 13.2 Å². The number of hydrogen-bond donors (Lipinski definition) is 1. The summed E-state index contributed by atoms with van der Waals surface area (Å²) in [4.78, 5) is 0. The molecular formula is C21H28ClNO2. The monoisotopic (exact) mass is 361 g/mol. The Labute approximate surface area is 156 Å². The maximum atomic E-state index is 6.37. The maximum Gasteiger partial charge on any atom is 0.179 e. The second kappa shape index (κ2) is 10.3. The van der Waals surface area contributed by atoms with E-state index in [4.69, 9.17) is 21.1 Å². The van der Waals surface area contributed by atoms with Crippen LogP contribution in [-0.4, -0.2) is 19.3 Å². The summed E-state index contributed by atoms with van der Waals surface area (Å²) in [5.41, 5.74) is 2.47. The van der Waals surface area contributed by atoms with Gasteiger partial charge in [0.1, 0.15) is 0 Å². The van der Waals surface area contributed by atoms with Crippen molar-refractivity contribution in [2.24, 2.45) is 0 Å². The average molecular weight is 362 g/mol. The van der Waals surface area contributed by atoms with Gasteiger partial charge in [-0.1, -0.05) is 41.9 Å². The Balaban J connectivity index is 1.92. The van der Waals surface area contributed by atoms with Gasteiger partial charge in [-0.3, -0.25) is 0 Å². The molecule has 4 heteroatoms. The van der Waals surface area contributed by atoms with Crippen LogP contribution in [0.4, 0.5) is 0 Å². The minimum atomic E-state index is 0.418. The minimum absolute atomic E-state index is 0.418. The smallest absolute Gasteiger partial charge is 0.179 e. The van der Waals surface area contributed by atoms with Gasteiger partial charge in [-0.05, 0) is 56.9 Å². The molecule has 0 saturated carbocycles. The zero-order valence-corrected chi connectivity index (χ0v) is 16.1. The maximum absolute atomic E-state index is 6.37. The van der Waals surface area contributed by atoms with Crippen LogP contribution in [0.25, 0.3) is 0 Å². The van der Waals surface area contributed by atoms with Crippen LogP contribution in [0.2, 0.25) is 5.02 Å². The van der Waals surface area contributed by atoms with Gasteiger partial charge in [0.25, 0.3) is 0 Å². The standard InChI is InChI=1S/C21H28ClNO2/c1-4-24-20-14-18(13-19(22)21(20)25-5-2)15-23-16(3)11-12-17-9-7-6-8-10-17/h6-10,13-14,16,23H,4-5,11-12,15H2,1-3H3/t16-/m0/s1. The van der Waals surface area contributed by atoms with Crippen molar-refractivity contribution < 1.29 is 9.47 Å². The zero-order valence-electron chi connectivity index (χ0n) is 15.3. The molecule has 0 aliphatic heterocycles. The summed E-state index contributed by atoms with van der Waals surface area (Å²) < 4.78 is 11.3. The molecule has 3 nitrogen and oxygen atoms in total. The van der Waals surface area contributed by atoms with Gasteiger partial charge in [-0.2, -0.15) is 0 Å². The molecule has 0 amide bonds. The Morgan fingerprint density at radius 3 is 2.40 bits per heavy atom. The number of aryl methyl sites for hydroxylation is 1. The van der Waals surface area contributed by atoms with Gasteiger partial charge in [0.15, 0.2) is 11.5 Å². The Hall–Kier alpha value is -1.71. The SMILES string of the molecule is CCOc1cc(CN[C@@H](C)CCc2ccccc2)cc(Cl)c1OCC. The molecule has 0 bridgehead atoms. The molecule has 0 aliphatic rings. The fourth-order valence-electron chi connectivity index (χ4n) is 2.69. The van der Waals surface area contributed by atoms with E-state index in [1.807, 2.05) is 26.0 Å². The fraction of sp³-hybridized carbons (Fsp3) is 0.429. The van der Waals surface area contributed by atoms with Crippen LogP contribution >= 0.6 is 11.6 Å². The van der Waals surface area contributed by atoms with E-state index in [-0.39, 0.29) is 0 Å². The van der Waals surface area contributed by atoms with Crippen LogP contribution < -0.4 is 14.8 Å². The highest BCUT2D eigenvalue weighted by Crippen LogP contribution is 2.36. The second-order valence-corrected chi connectivity index (χ2v) is 6.48. The predicted octanol–water partition coefficient (Wildman–Crippen LogP) is 5.25. The molecule has 0 saturated heterocycles. The highest BCUT2D eigenvalue weighted by atomic mass is 35.5. The van der Waals surface area contributed by atoms with Crippen molar-refractivity contribution in [1.29, 1.82) is 0 Å². The molecule has 0 radical (unpaired) electrons. The van der Waals surface area contributed by atoms with E-state index in [1.54, 1.807) is 0 Å².